The van der Waals surface area contributed by atoms with Gasteiger partial charge in [-0.3, -0.25) is 4.79 Å². The second-order valence-corrected chi connectivity index (χ2v) is 4.72. The molecule has 0 aliphatic rings. The number of rotatable bonds is 5. The highest BCUT2D eigenvalue weighted by Gasteiger charge is 2.34. The highest BCUT2D eigenvalue weighted by atomic mass is 19.4. The average molecular weight is 324 g/mol. The number of hydrogen-bond donors (Lipinski definition) is 2. The van der Waals surface area contributed by atoms with Crippen LogP contribution in [0.25, 0.3) is 11.4 Å². The summed E-state index contributed by atoms with van der Waals surface area (Å²) in [6.45, 7) is 2.18. The molecule has 23 heavy (non-hydrogen) atoms. The lowest BCUT2D eigenvalue weighted by molar-refractivity contribution is -0.137. The van der Waals surface area contributed by atoms with E-state index in [-0.39, 0.29) is 17.3 Å². The van der Waals surface area contributed by atoms with E-state index >= 15 is 0 Å². The van der Waals surface area contributed by atoms with E-state index in [2.05, 4.69) is 20.6 Å². The Bertz CT molecular complexity index is 688. The molecule has 1 amide bonds. The minimum Gasteiger partial charge on any atom is -0.368 e. The average Bonchev–Trinajstić information content (AvgIpc) is 2.51. The fraction of sp³-hybridized carbons (Fsp3) is 0.267. The van der Waals surface area contributed by atoms with Gasteiger partial charge < -0.3 is 10.6 Å². The number of nitrogens with zero attached hydrogens (tertiary/aromatic N) is 2. The van der Waals surface area contributed by atoms with Crippen LogP contribution in [0.2, 0.25) is 0 Å². The lowest BCUT2D eigenvalue weighted by Crippen LogP contribution is -2.26. The molecule has 0 saturated carbocycles. The van der Waals surface area contributed by atoms with E-state index in [0.717, 1.165) is 6.07 Å². The Morgan fingerprint density at radius 1 is 1.17 bits per heavy atom. The maximum Gasteiger partial charge on any atom is 0.417 e. The summed E-state index contributed by atoms with van der Waals surface area (Å²) in [7, 11) is 0. The molecule has 1 aromatic carbocycles. The van der Waals surface area contributed by atoms with Gasteiger partial charge in [0.15, 0.2) is 5.82 Å². The first kappa shape index (κ1) is 16.7. The molecular weight excluding hydrogens is 309 g/mol. The van der Waals surface area contributed by atoms with Crippen molar-refractivity contribution in [2.45, 2.75) is 13.1 Å². The van der Waals surface area contributed by atoms with E-state index in [1.54, 1.807) is 6.07 Å². The van der Waals surface area contributed by atoms with Gasteiger partial charge in [0.1, 0.15) is 5.82 Å². The van der Waals surface area contributed by atoms with Gasteiger partial charge in [0, 0.05) is 31.8 Å². The van der Waals surface area contributed by atoms with Crippen LogP contribution >= 0.6 is 0 Å². The monoisotopic (exact) mass is 324 g/mol. The summed E-state index contributed by atoms with van der Waals surface area (Å²) >= 11 is 0. The maximum absolute atomic E-state index is 13.0. The predicted molar refractivity (Wildman–Crippen MR) is 79.6 cm³/mol. The summed E-state index contributed by atoms with van der Waals surface area (Å²) < 4.78 is 39.1. The molecule has 0 atom stereocenters. The summed E-state index contributed by atoms with van der Waals surface area (Å²) in [4.78, 5) is 18.8. The molecule has 2 rings (SSSR count). The van der Waals surface area contributed by atoms with E-state index in [0.29, 0.717) is 18.9 Å². The zero-order chi connectivity index (χ0) is 16.9. The molecule has 1 aromatic heterocycles. The van der Waals surface area contributed by atoms with Crippen molar-refractivity contribution in [3.63, 3.8) is 0 Å². The van der Waals surface area contributed by atoms with E-state index < -0.39 is 11.7 Å². The molecule has 0 aliphatic heterocycles. The van der Waals surface area contributed by atoms with Gasteiger partial charge in [0.05, 0.1) is 5.56 Å². The lowest BCUT2D eigenvalue weighted by atomic mass is 10.1. The fourth-order valence-corrected chi connectivity index (χ4v) is 1.94. The van der Waals surface area contributed by atoms with Crippen molar-refractivity contribution in [3.8, 4) is 11.4 Å². The van der Waals surface area contributed by atoms with Crippen LogP contribution in [0.5, 0.6) is 0 Å². The van der Waals surface area contributed by atoms with Crippen LogP contribution in [0.1, 0.15) is 12.5 Å². The molecule has 0 unspecified atom stereocenters. The normalized spacial score (nSPS) is 11.1. The van der Waals surface area contributed by atoms with Gasteiger partial charge in [-0.2, -0.15) is 13.2 Å². The number of alkyl halides is 3. The number of carbonyl (C=O) groups is 1. The summed E-state index contributed by atoms with van der Waals surface area (Å²) in [6.07, 6.45) is -3.09. The third-order valence-corrected chi connectivity index (χ3v) is 2.93. The first-order chi connectivity index (χ1) is 10.9. The van der Waals surface area contributed by atoms with Crippen molar-refractivity contribution in [3.05, 3.63) is 42.1 Å². The Morgan fingerprint density at radius 3 is 2.61 bits per heavy atom. The minimum absolute atomic E-state index is 0.0116. The van der Waals surface area contributed by atoms with Gasteiger partial charge >= 0.3 is 6.18 Å². The van der Waals surface area contributed by atoms with Gasteiger partial charge in [0.2, 0.25) is 5.91 Å². The number of nitrogens with one attached hydrogen (secondary N) is 2. The second-order valence-electron chi connectivity index (χ2n) is 4.72. The van der Waals surface area contributed by atoms with Crippen LogP contribution in [-0.2, 0) is 11.0 Å². The number of halogens is 3. The number of aromatic nitrogens is 2. The van der Waals surface area contributed by atoms with Crippen LogP contribution in [0.3, 0.4) is 0 Å². The first-order valence-electron chi connectivity index (χ1n) is 6.86. The quantitative estimate of drug-likeness (QED) is 0.830. The summed E-state index contributed by atoms with van der Waals surface area (Å²) in [6, 6.07) is 6.70. The molecule has 122 valence electrons. The standard InChI is InChI=1S/C15H15F3N4O/c1-10(23)19-8-9-20-13-6-7-21-14(22-13)11-4-2-3-5-12(11)15(16,17)18/h2-7H,8-9H2,1H3,(H,19,23)(H,20,21,22). The number of amides is 1. The Labute approximate surface area is 131 Å². The molecule has 8 heteroatoms. The Kier molecular flexibility index (Phi) is 5.15. The lowest BCUT2D eigenvalue weighted by Gasteiger charge is -2.12. The third-order valence-electron chi connectivity index (χ3n) is 2.93. The largest absolute Gasteiger partial charge is 0.417 e. The molecule has 5 nitrogen and oxygen atoms in total. The second kappa shape index (κ2) is 7.08. The van der Waals surface area contributed by atoms with Crippen molar-refractivity contribution in [2.75, 3.05) is 18.4 Å². The van der Waals surface area contributed by atoms with E-state index in [9.17, 15) is 18.0 Å². The molecule has 0 radical (unpaired) electrons. The van der Waals surface area contributed by atoms with Crippen molar-refractivity contribution < 1.29 is 18.0 Å². The summed E-state index contributed by atoms with van der Waals surface area (Å²) in [5.41, 5.74) is -0.860. The smallest absolute Gasteiger partial charge is 0.368 e. The van der Waals surface area contributed by atoms with Gasteiger partial charge in [0.25, 0.3) is 0 Å². The number of hydrogen-bond acceptors (Lipinski definition) is 4. The number of carbonyl (C=O) groups excluding carboxylic acids is 1. The summed E-state index contributed by atoms with van der Waals surface area (Å²) in [5, 5.41) is 5.52. The van der Waals surface area contributed by atoms with Crippen LogP contribution in [0.4, 0.5) is 19.0 Å². The Balaban J connectivity index is 2.19. The molecule has 0 fully saturated rings. The Hall–Kier alpha value is -2.64. The molecule has 0 aliphatic carbocycles. The Morgan fingerprint density at radius 2 is 1.91 bits per heavy atom. The number of benzene rings is 1. The van der Waals surface area contributed by atoms with E-state index in [4.69, 9.17) is 0 Å². The van der Waals surface area contributed by atoms with Crippen molar-refractivity contribution in [1.29, 1.82) is 0 Å². The van der Waals surface area contributed by atoms with Crippen molar-refractivity contribution in [1.82, 2.24) is 15.3 Å². The van der Waals surface area contributed by atoms with E-state index in [1.165, 1.54) is 31.3 Å². The van der Waals surface area contributed by atoms with Crippen molar-refractivity contribution >= 4 is 11.7 Å². The van der Waals surface area contributed by atoms with Gasteiger partial charge in [-0.1, -0.05) is 18.2 Å². The highest BCUT2D eigenvalue weighted by Crippen LogP contribution is 2.35. The zero-order valence-corrected chi connectivity index (χ0v) is 12.3. The molecule has 1 heterocycles. The SMILES string of the molecule is CC(=O)NCCNc1ccnc(-c2ccccc2C(F)(F)F)n1. The third kappa shape index (κ3) is 4.67. The van der Waals surface area contributed by atoms with Crippen LogP contribution < -0.4 is 10.6 Å². The van der Waals surface area contributed by atoms with Gasteiger partial charge in [-0.15, -0.1) is 0 Å². The number of anilines is 1. The molecule has 0 bridgehead atoms. The predicted octanol–water partition coefficient (Wildman–Crippen LogP) is 2.71. The first-order valence-corrected chi connectivity index (χ1v) is 6.86. The maximum atomic E-state index is 13.0. The highest BCUT2D eigenvalue weighted by molar-refractivity contribution is 5.72. The van der Waals surface area contributed by atoms with Crippen LogP contribution in [0.15, 0.2) is 36.5 Å². The van der Waals surface area contributed by atoms with Gasteiger partial charge in [-0.05, 0) is 12.1 Å². The topological polar surface area (TPSA) is 66.9 Å². The fourth-order valence-electron chi connectivity index (χ4n) is 1.94. The van der Waals surface area contributed by atoms with Crippen LogP contribution in [0, 0.1) is 0 Å². The molecule has 2 N–H and O–H groups in total. The molecule has 0 spiro atoms. The van der Waals surface area contributed by atoms with Crippen molar-refractivity contribution in [2.24, 2.45) is 0 Å². The zero-order valence-electron chi connectivity index (χ0n) is 12.3. The van der Waals surface area contributed by atoms with Crippen LogP contribution in [-0.4, -0.2) is 29.0 Å². The molecular formula is C15H15F3N4O. The molecule has 2 aromatic rings. The molecule has 0 saturated heterocycles. The van der Waals surface area contributed by atoms with Gasteiger partial charge in [-0.25, -0.2) is 9.97 Å². The minimum atomic E-state index is -4.48. The van der Waals surface area contributed by atoms with E-state index in [1.807, 2.05) is 0 Å². The summed E-state index contributed by atoms with van der Waals surface area (Å²) in [5.74, 6) is 0.217.